The third kappa shape index (κ3) is 9.68. The molecule has 0 radical (unpaired) electrons. The van der Waals surface area contributed by atoms with Crippen LogP contribution in [0.25, 0.3) is 0 Å². The Morgan fingerprint density at radius 3 is 2.29 bits per heavy atom. The van der Waals surface area contributed by atoms with E-state index in [1.165, 1.54) is 27.9 Å². The number of oxime groups is 1. The van der Waals surface area contributed by atoms with Crippen molar-refractivity contribution in [3.8, 4) is 12.3 Å². The van der Waals surface area contributed by atoms with E-state index in [0.717, 1.165) is 0 Å². The molecule has 13 heteroatoms. The number of cyclic esters (lactones) is 1. The molecule has 48 heavy (non-hydrogen) atoms. The minimum absolute atomic E-state index is 0.124. The predicted molar refractivity (Wildman–Crippen MR) is 179 cm³/mol. The van der Waals surface area contributed by atoms with E-state index in [9.17, 15) is 24.9 Å². The highest BCUT2D eigenvalue weighted by molar-refractivity contribution is 5.88. The maximum atomic E-state index is 13.5. The smallest absolute Gasteiger partial charge is 0.311 e. The maximum absolute atomic E-state index is 13.5. The lowest BCUT2D eigenvalue weighted by Gasteiger charge is -2.48. The Hall–Kier alpha value is -2.31. The van der Waals surface area contributed by atoms with Gasteiger partial charge in [0.1, 0.15) is 11.7 Å². The van der Waals surface area contributed by atoms with E-state index in [4.69, 9.17) is 34.9 Å². The van der Waals surface area contributed by atoms with Gasteiger partial charge in [-0.2, -0.15) is 0 Å². The van der Waals surface area contributed by atoms with Crippen LogP contribution < -0.4 is 0 Å². The molecule has 3 N–H and O–H groups in total. The Morgan fingerprint density at radius 2 is 1.77 bits per heavy atom. The molecule has 13 nitrogen and oxygen atoms in total. The molecule has 0 saturated carbocycles. The van der Waals surface area contributed by atoms with Gasteiger partial charge in [0.2, 0.25) is 0 Å². The standard InChI is InChI=1S/C35H60N2O11/c1-14-16-44-36-27-19(3)18-34(9,43-13)31(48-33-29(46-24(8)38)25(37(11)12)17-20(4)45-33)22(6)28(39)23(7)32(41)47-26(15-2)35(10,42)30(40)21(27)5/h1,19-23,25-26,28-31,33,39-40,42H,15-18H2,2-13H3/b36-27+/t19-,20-,21+,22+,23-,25+,26-,28+,29-,30-,31-,33+,34-,35-/m1/s1. The average molecular weight is 685 g/mol. The molecule has 0 amide bonds. The van der Waals surface area contributed by atoms with Gasteiger partial charge in [0.05, 0.1) is 47.7 Å². The van der Waals surface area contributed by atoms with Gasteiger partial charge in [-0.1, -0.05) is 38.8 Å². The van der Waals surface area contributed by atoms with Crippen molar-refractivity contribution in [2.24, 2.45) is 28.8 Å². The number of nitrogens with zero attached hydrogens (tertiary/aromatic N) is 2. The molecular formula is C35H60N2O11. The largest absolute Gasteiger partial charge is 0.459 e. The Kier molecular flexibility index (Phi) is 15.3. The van der Waals surface area contributed by atoms with Gasteiger partial charge < -0.3 is 48.7 Å². The van der Waals surface area contributed by atoms with Crippen molar-refractivity contribution in [3.63, 3.8) is 0 Å². The third-order valence-corrected chi connectivity index (χ3v) is 10.2. The first-order valence-corrected chi connectivity index (χ1v) is 16.9. The molecule has 0 aromatic heterocycles. The summed E-state index contributed by atoms with van der Waals surface area (Å²) in [6.45, 7) is 14.9. The second-order valence-electron chi connectivity index (χ2n) is 14.3. The Balaban J connectivity index is 2.78. The van der Waals surface area contributed by atoms with Gasteiger partial charge in [-0.25, -0.2) is 0 Å². The van der Waals surface area contributed by atoms with E-state index in [2.05, 4.69) is 11.1 Å². The van der Waals surface area contributed by atoms with Crippen LogP contribution in [0, 0.1) is 36.0 Å². The van der Waals surface area contributed by atoms with Crippen LogP contribution >= 0.6 is 0 Å². The number of carbonyl (C=O) groups is 2. The summed E-state index contributed by atoms with van der Waals surface area (Å²) in [6.07, 6.45) is -0.562. The van der Waals surface area contributed by atoms with Crippen LogP contribution in [-0.2, 0) is 38.1 Å². The number of terminal acetylenes is 1. The van der Waals surface area contributed by atoms with E-state index in [0.29, 0.717) is 12.1 Å². The van der Waals surface area contributed by atoms with Crippen LogP contribution in [0.5, 0.6) is 0 Å². The molecule has 2 fully saturated rings. The molecule has 2 rings (SSSR count). The van der Waals surface area contributed by atoms with Crippen molar-refractivity contribution in [2.75, 3.05) is 27.8 Å². The van der Waals surface area contributed by atoms with Crippen molar-refractivity contribution in [3.05, 3.63) is 0 Å². The SMILES string of the molecule is C#CCO/N=C1\[C@H](C)C[C@@](C)(OC)[C@H](O[C@@H]2O[C@H](C)C[C@H](N(C)C)[C@H]2OC(C)=O)[C@@H](C)[C@H](O)[C@@H](C)C(=O)O[C@H](CC)[C@@](C)(O)[C@H](O)[C@H]1C. The molecule has 0 aliphatic carbocycles. The lowest BCUT2D eigenvalue weighted by Crippen LogP contribution is -2.61. The first-order valence-electron chi connectivity index (χ1n) is 16.9. The molecule has 276 valence electrons. The molecule has 0 spiro atoms. The number of esters is 2. The molecule has 2 heterocycles. The zero-order chi connectivity index (χ0) is 36.7. The van der Waals surface area contributed by atoms with Crippen LogP contribution in [0.2, 0.25) is 0 Å². The molecule has 0 unspecified atom stereocenters. The molecular weight excluding hydrogens is 624 g/mol. The summed E-state index contributed by atoms with van der Waals surface area (Å²) in [5.74, 6) is -1.98. The summed E-state index contributed by atoms with van der Waals surface area (Å²) >= 11 is 0. The van der Waals surface area contributed by atoms with Crippen molar-refractivity contribution >= 4 is 17.7 Å². The number of methoxy groups -OCH3 is 1. The summed E-state index contributed by atoms with van der Waals surface area (Å²) in [4.78, 5) is 33.2. The number of rotatable bonds is 8. The van der Waals surface area contributed by atoms with Crippen LogP contribution in [-0.4, -0.2) is 126 Å². The molecule has 14 atom stereocenters. The van der Waals surface area contributed by atoms with Gasteiger partial charge in [-0.15, -0.1) is 6.42 Å². The number of ether oxygens (including phenoxy) is 5. The van der Waals surface area contributed by atoms with Gasteiger partial charge in [-0.05, 0) is 61.1 Å². The maximum Gasteiger partial charge on any atom is 0.311 e. The molecule has 2 saturated heterocycles. The molecule has 0 bridgehead atoms. The van der Waals surface area contributed by atoms with E-state index < -0.39 is 83.6 Å². The quantitative estimate of drug-likeness (QED) is 0.148. The number of hydrogen-bond donors (Lipinski definition) is 3. The summed E-state index contributed by atoms with van der Waals surface area (Å²) < 4.78 is 30.8. The topological polar surface area (TPSA) is 166 Å². The number of aliphatic hydroxyl groups is 3. The zero-order valence-electron chi connectivity index (χ0n) is 30.8. The highest BCUT2D eigenvalue weighted by atomic mass is 16.7. The fraction of sp³-hybridized carbons (Fsp3) is 0.857. The Labute approximate surface area is 286 Å². The predicted octanol–water partition coefficient (Wildman–Crippen LogP) is 2.52. The second-order valence-corrected chi connectivity index (χ2v) is 14.3. The number of hydrogen-bond acceptors (Lipinski definition) is 13. The lowest BCUT2D eigenvalue weighted by molar-refractivity contribution is -0.303. The first kappa shape index (κ1) is 41.9. The summed E-state index contributed by atoms with van der Waals surface area (Å²) in [7, 11) is 5.29. The van der Waals surface area contributed by atoms with Gasteiger partial charge in [0, 0.05) is 31.8 Å². The van der Waals surface area contributed by atoms with E-state index in [1.54, 1.807) is 20.8 Å². The average Bonchev–Trinajstić information content (AvgIpc) is 3.02. The molecule has 2 aliphatic rings. The highest BCUT2D eigenvalue weighted by Crippen LogP contribution is 2.40. The summed E-state index contributed by atoms with van der Waals surface area (Å²) in [6, 6.07) is -0.240. The lowest BCUT2D eigenvalue weighted by atomic mass is 9.73. The molecule has 2 aliphatic heterocycles. The first-order chi connectivity index (χ1) is 22.3. The molecule has 0 aromatic rings. The minimum atomic E-state index is -1.89. The van der Waals surface area contributed by atoms with Crippen LogP contribution in [0.4, 0.5) is 0 Å². The Morgan fingerprint density at radius 1 is 1.15 bits per heavy atom. The van der Waals surface area contributed by atoms with Gasteiger partial charge >= 0.3 is 11.9 Å². The number of likely N-dealkylation sites (N-methyl/N-ethyl adjacent to an activating group) is 1. The van der Waals surface area contributed by atoms with Crippen LogP contribution in [0.3, 0.4) is 0 Å². The summed E-state index contributed by atoms with van der Waals surface area (Å²) in [5.41, 5.74) is -2.71. The van der Waals surface area contributed by atoms with E-state index >= 15 is 0 Å². The van der Waals surface area contributed by atoms with Crippen LogP contribution in [0.15, 0.2) is 5.16 Å². The van der Waals surface area contributed by atoms with Crippen molar-refractivity contribution in [1.82, 2.24) is 4.90 Å². The van der Waals surface area contributed by atoms with Gasteiger partial charge in [0.25, 0.3) is 0 Å². The highest BCUT2D eigenvalue weighted by Gasteiger charge is 2.52. The molecule has 0 aromatic carbocycles. The fourth-order valence-electron chi connectivity index (χ4n) is 7.22. The van der Waals surface area contributed by atoms with Crippen molar-refractivity contribution in [1.29, 1.82) is 0 Å². The Bertz CT molecular complexity index is 1140. The van der Waals surface area contributed by atoms with Gasteiger partial charge in [-0.3, -0.25) is 9.59 Å². The summed E-state index contributed by atoms with van der Waals surface area (Å²) in [5, 5.41) is 39.3. The van der Waals surface area contributed by atoms with Crippen LogP contribution in [0.1, 0.15) is 81.6 Å². The normalized spacial score (nSPS) is 42.8. The van der Waals surface area contributed by atoms with Gasteiger partial charge in [0.15, 0.2) is 19.0 Å². The van der Waals surface area contributed by atoms with E-state index in [1.807, 2.05) is 39.8 Å². The minimum Gasteiger partial charge on any atom is -0.459 e. The van der Waals surface area contributed by atoms with Crippen molar-refractivity contribution in [2.45, 2.75) is 142 Å². The second kappa shape index (κ2) is 17.6. The fourth-order valence-corrected chi connectivity index (χ4v) is 7.22. The van der Waals surface area contributed by atoms with E-state index in [-0.39, 0.29) is 31.6 Å². The van der Waals surface area contributed by atoms with Crippen molar-refractivity contribution < 1.29 is 53.4 Å². The number of aliphatic hydroxyl groups excluding tert-OH is 2. The number of carbonyl (C=O) groups excluding carboxylic acids is 2. The zero-order valence-corrected chi connectivity index (χ0v) is 30.8. The monoisotopic (exact) mass is 684 g/mol. The third-order valence-electron chi connectivity index (χ3n) is 10.2.